The molecular formula is C26H26N4O2S. The van der Waals surface area contributed by atoms with Gasteiger partial charge in [0.25, 0.3) is 0 Å². The molecular weight excluding hydrogens is 432 g/mol. The van der Waals surface area contributed by atoms with Gasteiger partial charge in [-0.05, 0) is 48.1 Å². The van der Waals surface area contributed by atoms with E-state index in [0.29, 0.717) is 18.8 Å². The highest BCUT2D eigenvalue weighted by molar-refractivity contribution is 7.13. The van der Waals surface area contributed by atoms with Gasteiger partial charge in [0.1, 0.15) is 17.2 Å². The van der Waals surface area contributed by atoms with Crippen LogP contribution in [0.4, 0.5) is 0 Å². The average Bonchev–Trinajstić information content (AvgIpc) is 3.62. The molecule has 1 saturated heterocycles. The minimum atomic E-state index is 0.200. The lowest BCUT2D eigenvalue weighted by Crippen LogP contribution is -2.43. The minimum Gasteiger partial charge on any atom is -0.460 e. The van der Waals surface area contributed by atoms with Crippen LogP contribution in [0.15, 0.2) is 64.8 Å². The number of furan rings is 1. The van der Waals surface area contributed by atoms with Crippen molar-refractivity contribution in [2.75, 3.05) is 13.1 Å². The van der Waals surface area contributed by atoms with Crippen LogP contribution in [-0.2, 0) is 11.2 Å². The van der Waals surface area contributed by atoms with Crippen molar-refractivity contribution in [3.05, 3.63) is 66.1 Å². The zero-order valence-electron chi connectivity index (χ0n) is 18.5. The summed E-state index contributed by atoms with van der Waals surface area (Å²) in [6.07, 6.45) is 8.12. The molecule has 0 bridgehead atoms. The van der Waals surface area contributed by atoms with E-state index in [1.165, 1.54) is 5.52 Å². The van der Waals surface area contributed by atoms with Crippen LogP contribution in [0.25, 0.3) is 32.6 Å². The number of H-pyrrole nitrogens is 1. The topological polar surface area (TPSA) is 67.1 Å². The number of likely N-dealkylation sites (tertiary alicyclic amines) is 1. The Labute approximate surface area is 195 Å². The lowest BCUT2D eigenvalue weighted by Gasteiger charge is -2.38. The molecule has 6 rings (SSSR count). The van der Waals surface area contributed by atoms with Crippen LogP contribution < -0.4 is 0 Å². The number of nitrogens with zero attached hydrogens (tertiary/aromatic N) is 3. The van der Waals surface area contributed by atoms with Crippen LogP contribution in [0.1, 0.15) is 31.6 Å². The minimum absolute atomic E-state index is 0.200. The van der Waals surface area contributed by atoms with Gasteiger partial charge >= 0.3 is 0 Å². The average molecular weight is 459 g/mol. The maximum absolute atomic E-state index is 13.1. The number of pyridine rings is 1. The maximum Gasteiger partial charge on any atom is 0.223 e. The van der Waals surface area contributed by atoms with Crippen molar-refractivity contribution in [3.8, 4) is 10.6 Å². The maximum atomic E-state index is 13.1. The molecule has 7 heteroatoms. The summed E-state index contributed by atoms with van der Waals surface area (Å²) in [5.41, 5.74) is 2.10. The molecule has 1 fully saturated rings. The lowest BCUT2D eigenvalue weighted by molar-refractivity contribution is -0.133. The Balaban J connectivity index is 1.18. The van der Waals surface area contributed by atoms with Gasteiger partial charge in [-0.1, -0.05) is 13.0 Å². The Bertz CT molecular complexity index is 1410. The summed E-state index contributed by atoms with van der Waals surface area (Å²) in [5, 5.41) is 4.31. The van der Waals surface area contributed by atoms with Gasteiger partial charge in [-0.3, -0.25) is 4.79 Å². The molecule has 1 aliphatic heterocycles. The molecule has 0 radical (unpaired) electrons. The van der Waals surface area contributed by atoms with Crippen molar-refractivity contribution in [3.63, 3.8) is 0 Å². The third-order valence-electron chi connectivity index (χ3n) is 6.90. The molecule has 168 valence electrons. The molecule has 5 aromatic rings. The van der Waals surface area contributed by atoms with Gasteiger partial charge in [0, 0.05) is 55.3 Å². The summed E-state index contributed by atoms with van der Waals surface area (Å²) in [6.45, 7) is 3.84. The lowest BCUT2D eigenvalue weighted by atomic mass is 9.92. The fourth-order valence-corrected chi connectivity index (χ4v) is 5.71. The van der Waals surface area contributed by atoms with Crippen molar-refractivity contribution >= 4 is 39.2 Å². The van der Waals surface area contributed by atoms with E-state index in [2.05, 4.69) is 45.9 Å². The number of carbonyl (C=O) groups is 1. The van der Waals surface area contributed by atoms with E-state index in [4.69, 9.17) is 4.42 Å². The number of aryl methyl sites for hydroxylation is 1. The highest BCUT2D eigenvalue weighted by atomic mass is 32.1. The highest BCUT2D eigenvalue weighted by Gasteiger charge is 2.31. The van der Waals surface area contributed by atoms with Crippen LogP contribution in [0.2, 0.25) is 0 Å². The largest absolute Gasteiger partial charge is 0.460 e. The summed E-state index contributed by atoms with van der Waals surface area (Å²) < 4.78 is 8.33. The van der Waals surface area contributed by atoms with Gasteiger partial charge in [-0.2, -0.15) is 0 Å². The Kier molecular flexibility index (Phi) is 5.06. The zero-order valence-corrected chi connectivity index (χ0v) is 19.3. The van der Waals surface area contributed by atoms with Gasteiger partial charge < -0.3 is 18.9 Å². The Morgan fingerprint density at radius 2 is 2.21 bits per heavy atom. The van der Waals surface area contributed by atoms with Gasteiger partial charge in [-0.25, -0.2) is 4.98 Å². The van der Waals surface area contributed by atoms with Crippen molar-refractivity contribution in [1.29, 1.82) is 0 Å². The first kappa shape index (κ1) is 20.3. The Hall–Kier alpha value is -3.32. The molecule has 5 aromatic heterocycles. The number of fused-ring (bicyclic) bond motifs is 3. The number of thiophene rings is 1. The van der Waals surface area contributed by atoms with E-state index in [-0.39, 0.29) is 11.9 Å². The monoisotopic (exact) mass is 458 g/mol. The molecule has 33 heavy (non-hydrogen) atoms. The highest BCUT2D eigenvalue weighted by Crippen LogP contribution is 2.34. The van der Waals surface area contributed by atoms with E-state index in [9.17, 15) is 4.79 Å². The SMILES string of the molecule is C[C@@H]1CCN(C(=O)CCc2ccc(-c3cccs3)o2)C[C@@H]1n1ccc2cnc3[nH]ccc3c21. The van der Waals surface area contributed by atoms with Gasteiger partial charge in [0.05, 0.1) is 16.4 Å². The van der Waals surface area contributed by atoms with Crippen LogP contribution in [0.5, 0.6) is 0 Å². The zero-order chi connectivity index (χ0) is 22.4. The van der Waals surface area contributed by atoms with E-state index in [0.717, 1.165) is 52.3 Å². The second-order valence-electron chi connectivity index (χ2n) is 8.94. The quantitative estimate of drug-likeness (QED) is 0.358. The van der Waals surface area contributed by atoms with Gasteiger partial charge in [-0.15, -0.1) is 11.3 Å². The summed E-state index contributed by atoms with van der Waals surface area (Å²) >= 11 is 1.66. The smallest absolute Gasteiger partial charge is 0.223 e. The predicted octanol–water partition coefficient (Wildman–Crippen LogP) is 5.88. The summed E-state index contributed by atoms with van der Waals surface area (Å²) in [7, 11) is 0. The van der Waals surface area contributed by atoms with E-state index in [1.54, 1.807) is 11.3 Å². The second-order valence-corrected chi connectivity index (χ2v) is 9.89. The van der Waals surface area contributed by atoms with Crippen molar-refractivity contribution < 1.29 is 9.21 Å². The number of aromatic amines is 1. The normalized spacial score (nSPS) is 19.0. The fraction of sp³-hybridized carbons (Fsp3) is 0.308. The number of piperidine rings is 1. The molecule has 0 saturated carbocycles. The third kappa shape index (κ3) is 3.66. The van der Waals surface area contributed by atoms with E-state index >= 15 is 0 Å². The number of rotatable bonds is 5. The van der Waals surface area contributed by atoms with Crippen LogP contribution in [0.3, 0.4) is 0 Å². The van der Waals surface area contributed by atoms with Crippen molar-refractivity contribution in [2.45, 2.75) is 32.2 Å². The molecule has 1 aliphatic rings. The van der Waals surface area contributed by atoms with Gasteiger partial charge in [0.2, 0.25) is 5.91 Å². The number of carbonyl (C=O) groups excluding carboxylic acids is 1. The molecule has 1 amide bonds. The number of hydrogen-bond acceptors (Lipinski definition) is 4. The van der Waals surface area contributed by atoms with E-state index < -0.39 is 0 Å². The molecule has 2 atom stereocenters. The predicted molar refractivity (Wildman–Crippen MR) is 131 cm³/mol. The van der Waals surface area contributed by atoms with Crippen LogP contribution in [-0.4, -0.2) is 38.4 Å². The van der Waals surface area contributed by atoms with Crippen molar-refractivity contribution in [2.24, 2.45) is 5.92 Å². The standard InChI is InChI=1S/C26H26N4O2S/c1-17-9-12-29(24(31)7-5-19-4-6-22(32-19)23-3-2-14-33-23)16-21(17)30-13-10-18-15-28-26-20(25(18)30)8-11-27-26/h2-4,6,8,10-11,13-15,17,21H,5,7,9,12,16H2,1H3,(H,27,28)/t17-,21+/m1/s1. The fourth-order valence-electron chi connectivity index (χ4n) is 5.02. The van der Waals surface area contributed by atoms with Gasteiger partial charge in [0.15, 0.2) is 0 Å². The molecule has 0 spiro atoms. The second kappa shape index (κ2) is 8.23. The molecule has 6 nitrogen and oxygen atoms in total. The molecule has 0 aromatic carbocycles. The summed E-state index contributed by atoms with van der Waals surface area (Å²) in [5.74, 6) is 2.44. The number of aromatic nitrogens is 3. The first-order valence-electron chi connectivity index (χ1n) is 11.5. The molecule has 1 N–H and O–H groups in total. The van der Waals surface area contributed by atoms with E-state index in [1.807, 2.05) is 40.9 Å². The molecule has 0 unspecified atom stereocenters. The Morgan fingerprint density at radius 1 is 1.27 bits per heavy atom. The van der Waals surface area contributed by atoms with Crippen molar-refractivity contribution in [1.82, 2.24) is 19.4 Å². The van der Waals surface area contributed by atoms with Crippen LogP contribution in [0, 0.1) is 5.92 Å². The first-order chi connectivity index (χ1) is 16.2. The summed E-state index contributed by atoms with van der Waals surface area (Å²) in [4.78, 5) is 24.0. The summed E-state index contributed by atoms with van der Waals surface area (Å²) in [6, 6.07) is 12.5. The number of nitrogens with one attached hydrogen (secondary N) is 1. The Morgan fingerprint density at radius 3 is 3.09 bits per heavy atom. The first-order valence-corrected chi connectivity index (χ1v) is 12.4. The molecule has 6 heterocycles. The number of hydrogen-bond donors (Lipinski definition) is 1. The third-order valence-corrected chi connectivity index (χ3v) is 7.78. The van der Waals surface area contributed by atoms with Crippen LogP contribution >= 0.6 is 11.3 Å². The number of amides is 1. The molecule has 0 aliphatic carbocycles.